The fourth-order valence-corrected chi connectivity index (χ4v) is 3.38. The topological polar surface area (TPSA) is 70.5 Å². The number of aryl methyl sites for hydroxylation is 1. The minimum atomic E-state index is -0.652. The Labute approximate surface area is 157 Å². The standard InChI is InChI=1S/C20H21ClN2O3/c21-16-4-1-14(2-5-16)3-6-19(25)18-12-17(24)13-23(18)20(26)11-15-7-9-22-10-8-15/h1-2,4-5,7-10,17-18,24H,3,6,11-13H2/t17-,18+/m1/s1. The van der Waals surface area contributed by atoms with E-state index >= 15 is 0 Å². The number of hydrogen-bond donors (Lipinski definition) is 1. The smallest absolute Gasteiger partial charge is 0.227 e. The van der Waals surface area contributed by atoms with E-state index in [0.29, 0.717) is 24.3 Å². The van der Waals surface area contributed by atoms with Crippen LogP contribution in [0, 0.1) is 0 Å². The van der Waals surface area contributed by atoms with Crippen molar-refractivity contribution < 1.29 is 14.7 Å². The first-order chi connectivity index (χ1) is 12.5. The summed E-state index contributed by atoms with van der Waals surface area (Å²) in [5.41, 5.74) is 1.87. The van der Waals surface area contributed by atoms with Gasteiger partial charge in [0.15, 0.2) is 5.78 Å². The van der Waals surface area contributed by atoms with Crippen LogP contribution < -0.4 is 0 Å². The maximum atomic E-state index is 12.7. The van der Waals surface area contributed by atoms with Crippen molar-refractivity contribution in [2.75, 3.05) is 6.54 Å². The lowest BCUT2D eigenvalue weighted by atomic mass is 10.0. The van der Waals surface area contributed by atoms with E-state index in [2.05, 4.69) is 4.98 Å². The van der Waals surface area contributed by atoms with Gasteiger partial charge in [-0.15, -0.1) is 0 Å². The molecular formula is C20H21ClN2O3. The number of hydrogen-bond acceptors (Lipinski definition) is 4. The Morgan fingerprint density at radius 2 is 1.81 bits per heavy atom. The van der Waals surface area contributed by atoms with Crippen LogP contribution in [0.15, 0.2) is 48.8 Å². The van der Waals surface area contributed by atoms with Gasteiger partial charge in [-0.2, -0.15) is 0 Å². The van der Waals surface area contributed by atoms with Crippen LogP contribution in [-0.4, -0.2) is 45.4 Å². The number of nitrogens with zero attached hydrogens (tertiary/aromatic N) is 2. The van der Waals surface area contributed by atoms with Gasteiger partial charge in [-0.1, -0.05) is 23.7 Å². The zero-order valence-corrected chi connectivity index (χ0v) is 15.1. The van der Waals surface area contributed by atoms with Crippen LogP contribution in [0.1, 0.15) is 24.0 Å². The van der Waals surface area contributed by atoms with Crippen molar-refractivity contribution in [1.82, 2.24) is 9.88 Å². The fourth-order valence-electron chi connectivity index (χ4n) is 3.26. The van der Waals surface area contributed by atoms with Crippen LogP contribution in [0.2, 0.25) is 5.02 Å². The molecule has 2 atom stereocenters. The fraction of sp³-hybridized carbons (Fsp3) is 0.350. The molecule has 0 bridgehead atoms. The summed E-state index contributed by atoms with van der Waals surface area (Å²) >= 11 is 5.87. The Morgan fingerprint density at radius 3 is 2.50 bits per heavy atom. The molecule has 1 aromatic carbocycles. The molecule has 0 radical (unpaired) electrons. The number of Topliss-reactive ketones (excluding diaryl/α,β-unsaturated/α-hetero) is 1. The van der Waals surface area contributed by atoms with Crippen LogP contribution in [0.25, 0.3) is 0 Å². The highest BCUT2D eigenvalue weighted by Crippen LogP contribution is 2.22. The number of likely N-dealkylation sites (tertiary alicyclic amines) is 1. The molecule has 5 nitrogen and oxygen atoms in total. The number of aromatic nitrogens is 1. The molecule has 26 heavy (non-hydrogen) atoms. The molecule has 136 valence electrons. The van der Waals surface area contributed by atoms with Crippen LogP contribution in [0.4, 0.5) is 0 Å². The summed E-state index contributed by atoms with van der Waals surface area (Å²) in [7, 11) is 0. The van der Waals surface area contributed by atoms with E-state index in [9.17, 15) is 14.7 Å². The molecule has 0 spiro atoms. The summed E-state index contributed by atoms with van der Waals surface area (Å²) in [6.45, 7) is 0.210. The van der Waals surface area contributed by atoms with Crippen molar-refractivity contribution in [1.29, 1.82) is 0 Å². The third-order valence-electron chi connectivity index (χ3n) is 4.65. The molecule has 3 rings (SSSR count). The van der Waals surface area contributed by atoms with Gasteiger partial charge in [0, 0.05) is 36.8 Å². The second kappa shape index (κ2) is 8.43. The van der Waals surface area contributed by atoms with E-state index in [1.165, 1.54) is 4.90 Å². The van der Waals surface area contributed by atoms with E-state index in [1.807, 2.05) is 12.1 Å². The van der Waals surface area contributed by atoms with Gasteiger partial charge in [0.1, 0.15) is 0 Å². The van der Waals surface area contributed by atoms with Crippen LogP contribution in [-0.2, 0) is 22.4 Å². The molecule has 0 aliphatic carbocycles. The number of aliphatic hydroxyl groups is 1. The highest BCUT2D eigenvalue weighted by molar-refractivity contribution is 6.30. The van der Waals surface area contributed by atoms with E-state index < -0.39 is 12.1 Å². The summed E-state index contributed by atoms with van der Waals surface area (Å²) < 4.78 is 0. The predicted molar refractivity (Wildman–Crippen MR) is 98.8 cm³/mol. The predicted octanol–water partition coefficient (Wildman–Crippen LogP) is 2.44. The van der Waals surface area contributed by atoms with Crippen molar-refractivity contribution in [3.63, 3.8) is 0 Å². The lowest BCUT2D eigenvalue weighted by molar-refractivity contribution is -0.137. The van der Waals surface area contributed by atoms with Crippen molar-refractivity contribution in [2.45, 2.75) is 37.8 Å². The second-order valence-corrected chi connectivity index (χ2v) is 7.01. The average Bonchev–Trinajstić information content (AvgIpc) is 3.04. The summed E-state index contributed by atoms with van der Waals surface area (Å²) in [5, 5.41) is 10.6. The zero-order chi connectivity index (χ0) is 18.5. The molecule has 0 unspecified atom stereocenters. The summed E-state index contributed by atoms with van der Waals surface area (Å²) in [4.78, 5) is 30.7. The highest BCUT2D eigenvalue weighted by atomic mass is 35.5. The van der Waals surface area contributed by atoms with E-state index in [4.69, 9.17) is 11.6 Å². The number of ketones is 1. The van der Waals surface area contributed by atoms with Crippen molar-refractivity contribution in [3.8, 4) is 0 Å². The summed E-state index contributed by atoms with van der Waals surface area (Å²) in [6.07, 6.45) is 4.05. The average molecular weight is 373 g/mol. The van der Waals surface area contributed by atoms with Gasteiger partial charge in [0.2, 0.25) is 5.91 Å². The maximum absolute atomic E-state index is 12.7. The molecule has 1 aromatic heterocycles. The van der Waals surface area contributed by atoms with Crippen LogP contribution in [0.3, 0.4) is 0 Å². The van der Waals surface area contributed by atoms with Gasteiger partial charge in [-0.25, -0.2) is 0 Å². The van der Waals surface area contributed by atoms with E-state index in [0.717, 1.165) is 11.1 Å². The second-order valence-electron chi connectivity index (χ2n) is 6.58. The number of carbonyl (C=O) groups excluding carboxylic acids is 2. The molecule has 1 N–H and O–H groups in total. The molecule has 1 amide bonds. The number of pyridine rings is 1. The number of halogens is 1. The Morgan fingerprint density at radius 1 is 1.12 bits per heavy atom. The number of carbonyl (C=O) groups is 2. The number of β-amino-alcohol motifs (C(OH)–C–C–N with tert-alkyl or cyclic N) is 1. The van der Waals surface area contributed by atoms with Crippen molar-refractivity contribution in [2.24, 2.45) is 0 Å². The molecule has 6 heteroatoms. The molecule has 2 heterocycles. The summed E-state index contributed by atoms with van der Waals surface area (Å²) in [6, 6.07) is 10.4. The van der Waals surface area contributed by atoms with Gasteiger partial charge >= 0.3 is 0 Å². The van der Waals surface area contributed by atoms with Crippen molar-refractivity contribution >= 4 is 23.3 Å². The third-order valence-corrected chi connectivity index (χ3v) is 4.90. The van der Waals surface area contributed by atoms with Crippen LogP contribution >= 0.6 is 11.6 Å². The molecule has 0 saturated carbocycles. The Hall–Kier alpha value is -2.24. The highest BCUT2D eigenvalue weighted by Gasteiger charge is 2.38. The zero-order valence-electron chi connectivity index (χ0n) is 14.3. The first-order valence-corrected chi connectivity index (χ1v) is 9.04. The molecule has 1 aliphatic rings. The molecule has 1 saturated heterocycles. The van der Waals surface area contributed by atoms with E-state index in [-0.39, 0.29) is 24.7 Å². The SMILES string of the molecule is O=C(CCc1ccc(Cl)cc1)[C@@H]1C[C@@H](O)CN1C(=O)Cc1ccncc1. The lowest BCUT2D eigenvalue weighted by Gasteiger charge is -2.23. The van der Waals surface area contributed by atoms with Gasteiger partial charge < -0.3 is 10.0 Å². The molecular weight excluding hydrogens is 352 g/mol. The van der Waals surface area contributed by atoms with Gasteiger partial charge in [-0.3, -0.25) is 14.6 Å². The number of benzene rings is 1. The Balaban J connectivity index is 1.61. The number of rotatable bonds is 6. The lowest BCUT2D eigenvalue weighted by Crippen LogP contribution is -2.41. The maximum Gasteiger partial charge on any atom is 0.227 e. The van der Waals surface area contributed by atoms with Crippen LogP contribution in [0.5, 0.6) is 0 Å². The minimum Gasteiger partial charge on any atom is -0.391 e. The van der Waals surface area contributed by atoms with Crippen molar-refractivity contribution in [3.05, 3.63) is 64.9 Å². The monoisotopic (exact) mass is 372 g/mol. The third kappa shape index (κ3) is 4.68. The molecule has 2 aromatic rings. The molecule has 1 fully saturated rings. The number of amides is 1. The quantitative estimate of drug-likeness (QED) is 0.845. The Bertz CT molecular complexity index is 764. The largest absolute Gasteiger partial charge is 0.391 e. The van der Waals surface area contributed by atoms with Gasteiger partial charge in [0.05, 0.1) is 18.6 Å². The van der Waals surface area contributed by atoms with Gasteiger partial charge in [0.25, 0.3) is 0 Å². The van der Waals surface area contributed by atoms with E-state index in [1.54, 1.807) is 36.7 Å². The number of aliphatic hydroxyl groups excluding tert-OH is 1. The summed E-state index contributed by atoms with van der Waals surface area (Å²) in [5.74, 6) is -0.155. The molecule has 1 aliphatic heterocycles. The van der Waals surface area contributed by atoms with Gasteiger partial charge in [-0.05, 0) is 41.8 Å². The Kier molecular flexibility index (Phi) is 6.01. The minimum absolute atomic E-state index is 0.0143. The normalized spacial score (nSPS) is 19.5. The first kappa shape index (κ1) is 18.5. The first-order valence-electron chi connectivity index (χ1n) is 8.66.